The fourth-order valence-corrected chi connectivity index (χ4v) is 2.89. The molecule has 0 aliphatic carbocycles. The predicted octanol–water partition coefficient (Wildman–Crippen LogP) is 4.51. The first kappa shape index (κ1) is 13.2. The zero-order valence-electron chi connectivity index (χ0n) is 11.4. The summed E-state index contributed by atoms with van der Waals surface area (Å²) in [6.07, 6.45) is 2.34. The summed E-state index contributed by atoms with van der Waals surface area (Å²) in [5.41, 5.74) is 4.30. The molecule has 0 fully saturated rings. The third kappa shape index (κ3) is 2.20. The lowest BCUT2D eigenvalue weighted by atomic mass is 10.0. The van der Waals surface area contributed by atoms with Crippen molar-refractivity contribution in [1.29, 1.82) is 0 Å². The molecule has 0 atom stereocenters. The van der Waals surface area contributed by atoms with E-state index in [9.17, 15) is 4.79 Å². The van der Waals surface area contributed by atoms with Crippen LogP contribution >= 0.6 is 11.6 Å². The van der Waals surface area contributed by atoms with Crippen LogP contribution < -0.4 is 4.90 Å². The lowest BCUT2D eigenvalue weighted by Crippen LogP contribution is -2.25. The lowest BCUT2D eigenvalue weighted by molar-refractivity contribution is -0.117. The van der Waals surface area contributed by atoms with Gasteiger partial charge in [-0.2, -0.15) is 0 Å². The molecule has 1 amide bonds. The van der Waals surface area contributed by atoms with Crippen LogP contribution in [0.4, 0.5) is 11.4 Å². The van der Waals surface area contributed by atoms with E-state index in [1.165, 1.54) is 11.1 Å². The van der Waals surface area contributed by atoms with Crippen LogP contribution in [-0.2, 0) is 17.6 Å². The second-order valence-corrected chi connectivity index (χ2v) is 5.42. The minimum atomic E-state index is 0.0999. The zero-order valence-corrected chi connectivity index (χ0v) is 12.2. The van der Waals surface area contributed by atoms with Crippen molar-refractivity contribution in [3.05, 3.63) is 58.6 Å². The molecule has 1 aliphatic heterocycles. The summed E-state index contributed by atoms with van der Waals surface area (Å²) in [7, 11) is 0. The van der Waals surface area contributed by atoms with E-state index in [4.69, 9.17) is 11.6 Å². The van der Waals surface area contributed by atoms with Crippen molar-refractivity contribution in [3.63, 3.8) is 0 Å². The van der Waals surface area contributed by atoms with Gasteiger partial charge in [-0.3, -0.25) is 9.69 Å². The molecule has 2 aromatic carbocycles. The minimum Gasteiger partial charge on any atom is -0.280 e. The van der Waals surface area contributed by atoms with Gasteiger partial charge in [-0.1, -0.05) is 42.8 Å². The first-order chi connectivity index (χ1) is 9.70. The topological polar surface area (TPSA) is 20.3 Å². The maximum absolute atomic E-state index is 12.4. The van der Waals surface area contributed by atoms with Crippen LogP contribution in [0, 0.1) is 0 Å². The number of carbonyl (C=O) groups is 1. The van der Waals surface area contributed by atoms with E-state index >= 15 is 0 Å². The molecule has 20 heavy (non-hydrogen) atoms. The summed E-state index contributed by atoms with van der Waals surface area (Å²) in [5, 5.41) is 0.664. The number of halogens is 1. The highest BCUT2D eigenvalue weighted by Gasteiger charge is 2.24. The summed E-state index contributed by atoms with van der Waals surface area (Å²) in [6, 6.07) is 13.9. The lowest BCUT2D eigenvalue weighted by Gasteiger charge is -2.24. The number of fused-ring (bicyclic) bond motifs is 2. The number of benzene rings is 2. The van der Waals surface area contributed by atoms with Gasteiger partial charge in [-0.25, -0.2) is 0 Å². The summed E-state index contributed by atoms with van der Waals surface area (Å²) in [4.78, 5) is 14.3. The first-order valence-electron chi connectivity index (χ1n) is 6.90. The molecule has 1 aliphatic rings. The molecule has 0 N–H and O–H groups in total. The molecule has 1 heterocycles. The highest BCUT2D eigenvalue weighted by molar-refractivity contribution is 6.31. The Morgan fingerprint density at radius 1 is 1.10 bits per heavy atom. The van der Waals surface area contributed by atoms with Crippen molar-refractivity contribution in [2.75, 3.05) is 4.90 Å². The predicted molar refractivity (Wildman–Crippen MR) is 82.7 cm³/mol. The molecule has 3 heteroatoms. The van der Waals surface area contributed by atoms with Crippen LogP contribution in [0.15, 0.2) is 42.5 Å². The number of amides is 1. The van der Waals surface area contributed by atoms with E-state index in [2.05, 4.69) is 6.07 Å². The Bertz CT molecular complexity index is 666. The van der Waals surface area contributed by atoms with Crippen molar-refractivity contribution in [2.45, 2.75) is 26.2 Å². The number of carbonyl (C=O) groups excluding carboxylic acids is 1. The second-order valence-electron chi connectivity index (χ2n) is 4.98. The van der Waals surface area contributed by atoms with Gasteiger partial charge in [0.2, 0.25) is 5.91 Å². The fourth-order valence-electron chi connectivity index (χ4n) is 2.72. The van der Waals surface area contributed by atoms with Gasteiger partial charge in [-0.05, 0) is 42.2 Å². The van der Waals surface area contributed by atoms with Gasteiger partial charge in [0.25, 0.3) is 0 Å². The summed E-state index contributed by atoms with van der Waals surface area (Å²) < 4.78 is 0. The maximum Gasteiger partial charge on any atom is 0.231 e. The molecule has 102 valence electrons. The largest absolute Gasteiger partial charge is 0.280 e. The summed E-state index contributed by atoms with van der Waals surface area (Å²) >= 11 is 6.13. The monoisotopic (exact) mass is 285 g/mol. The van der Waals surface area contributed by atoms with E-state index in [1.54, 1.807) is 0 Å². The Morgan fingerprint density at radius 3 is 2.55 bits per heavy atom. The number of para-hydroxylation sites is 1. The first-order valence-corrected chi connectivity index (χ1v) is 7.28. The molecule has 2 nitrogen and oxygen atoms in total. The highest BCUT2D eigenvalue weighted by Crippen LogP contribution is 2.37. The third-order valence-corrected chi connectivity index (χ3v) is 3.97. The molecule has 0 unspecified atom stereocenters. The molecule has 0 aromatic heterocycles. The Balaban J connectivity index is 2.24. The van der Waals surface area contributed by atoms with Crippen molar-refractivity contribution >= 4 is 28.9 Å². The normalized spacial score (nSPS) is 13.4. The van der Waals surface area contributed by atoms with Crippen LogP contribution in [-0.4, -0.2) is 5.91 Å². The van der Waals surface area contributed by atoms with E-state index in [-0.39, 0.29) is 5.91 Å². The molecule has 2 aromatic rings. The summed E-state index contributed by atoms with van der Waals surface area (Å²) in [6.45, 7) is 1.89. The fraction of sp³-hybridized carbons (Fsp3) is 0.235. The Hall–Kier alpha value is -1.80. The van der Waals surface area contributed by atoms with Crippen molar-refractivity contribution in [1.82, 2.24) is 0 Å². The molecule has 0 spiro atoms. The van der Waals surface area contributed by atoms with E-state index < -0.39 is 0 Å². The molecule has 0 saturated carbocycles. The molecule has 0 radical (unpaired) electrons. The number of nitrogens with zero attached hydrogens (tertiary/aromatic N) is 1. The van der Waals surface area contributed by atoms with Crippen molar-refractivity contribution < 1.29 is 4.79 Å². The quantitative estimate of drug-likeness (QED) is 0.755. The van der Waals surface area contributed by atoms with Gasteiger partial charge in [0.15, 0.2) is 0 Å². The van der Waals surface area contributed by atoms with Crippen LogP contribution in [0.25, 0.3) is 0 Å². The smallest absolute Gasteiger partial charge is 0.231 e. The van der Waals surface area contributed by atoms with Crippen LogP contribution in [0.3, 0.4) is 0 Å². The van der Waals surface area contributed by atoms with Crippen LogP contribution in [0.1, 0.15) is 24.5 Å². The molecule has 3 rings (SSSR count). The standard InChI is InChI=1S/C17H16ClNO/c1-2-17(20)19-15-6-4-3-5-12(15)7-8-13-9-10-14(18)11-16(13)19/h3-6,9-11H,2,7-8H2,1H3. The van der Waals surface area contributed by atoms with E-state index in [0.717, 1.165) is 24.2 Å². The van der Waals surface area contributed by atoms with Gasteiger partial charge in [-0.15, -0.1) is 0 Å². The van der Waals surface area contributed by atoms with Crippen LogP contribution in [0.5, 0.6) is 0 Å². The van der Waals surface area contributed by atoms with Gasteiger partial charge >= 0.3 is 0 Å². The van der Waals surface area contributed by atoms with Gasteiger partial charge < -0.3 is 0 Å². The Morgan fingerprint density at radius 2 is 1.80 bits per heavy atom. The van der Waals surface area contributed by atoms with Crippen molar-refractivity contribution in [3.8, 4) is 0 Å². The number of rotatable bonds is 1. The zero-order chi connectivity index (χ0) is 14.1. The number of hydrogen-bond donors (Lipinski definition) is 0. The SMILES string of the molecule is CCC(=O)N1c2ccccc2CCc2ccc(Cl)cc21. The average Bonchev–Trinajstić information content (AvgIpc) is 2.63. The molecule has 0 saturated heterocycles. The number of hydrogen-bond acceptors (Lipinski definition) is 1. The van der Waals surface area contributed by atoms with Gasteiger partial charge in [0, 0.05) is 11.4 Å². The number of aryl methyl sites for hydroxylation is 2. The molecule has 0 bridgehead atoms. The number of anilines is 2. The molecular formula is C17H16ClNO. The van der Waals surface area contributed by atoms with Crippen LogP contribution in [0.2, 0.25) is 5.02 Å². The van der Waals surface area contributed by atoms with E-state index in [1.807, 2.05) is 48.2 Å². The minimum absolute atomic E-state index is 0.0999. The Kier molecular flexibility index (Phi) is 3.49. The summed E-state index contributed by atoms with van der Waals surface area (Å²) in [5.74, 6) is 0.0999. The second kappa shape index (κ2) is 5.29. The third-order valence-electron chi connectivity index (χ3n) is 3.74. The Labute approximate surface area is 124 Å². The maximum atomic E-state index is 12.4. The average molecular weight is 286 g/mol. The molecular weight excluding hydrogens is 270 g/mol. The van der Waals surface area contributed by atoms with Crippen molar-refractivity contribution in [2.24, 2.45) is 0 Å². The highest BCUT2D eigenvalue weighted by atomic mass is 35.5. The van der Waals surface area contributed by atoms with E-state index in [0.29, 0.717) is 11.4 Å². The van der Waals surface area contributed by atoms with Gasteiger partial charge in [0.05, 0.1) is 11.4 Å². The van der Waals surface area contributed by atoms with Gasteiger partial charge in [0.1, 0.15) is 0 Å².